The van der Waals surface area contributed by atoms with Crippen LogP contribution in [-0.2, 0) is 6.42 Å². The summed E-state index contributed by atoms with van der Waals surface area (Å²) in [6, 6.07) is 9.37. The third kappa shape index (κ3) is 2.54. The molecule has 5 nitrogen and oxygen atoms in total. The van der Waals surface area contributed by atoms with E-state index in [0.717, 1.165) is 23.5 Å². The van der Waals surface area contributed by atoms with Crippen molar-refractivity contribution in [3.8, 4) is 11.5 Å². The summed E-state index contributed by atoms with van der Waals surface area (Å²) in [7, 11) is 0. The van der Waals surface area contributed by atoms with Gasteiger partial charge in [-0.3, -0.25) is 4.79 Å². The summed E-state index contributed by atoms with van der Waals surface area (Å²) < 4.78 is 10.6. The standard InChI is InChI=1S/C14H14N2O3/c17-14(11-2-1-6-15-11)16-7-5-10-3-4-12-13(8-10)19-9-18-12/h1-4,6,8,15H,5,7,9H2,(H,16,17). The van der Waals surface area contributed by atoms with Gasteiger partial charge < -0.3 is 19.8 Å². The molecule has 0 radical (unpaired) electrons. The van der Waals surface area contributed by atoms with Gasteiger partial charge in [0.2, 0.25) is 6.79 Å². The van der Waals surface area contributed by atoms with E-state index >= 15 is 0 Å². The Morgan fingerprint density at radius 3 is 3.00 bits per heavy atom. The van der Waals surface area contributed by atoms with E-state index in [2.05, 4.69) is 10.3 Å². The van der Waals surface area contributed by atoms with Crippen LogP contribution in [0.25, 0.3) is 0 Å². The van der Waals surface area contributed by atoms with E-state index in [4.69, 9.17) is 9.47 Å². The molecule has 0 saturated carbocycles. The second-order valence-electron chi connectivity index (χ2n) is 4.28. The highest BCUT2D eigenvalue weighted by atomic mass is 16.7. The van der Waals surface area contributed by atoms with Crippen LogP contribution in [0, 0.1) is 0 Å². The summed E-state index contributed by atoms with van der Waals surface area (Å²) in [6.07, 6.45) is 2.48. The minimum absolute atomic E-state index is 0.0919. The maximum Gasteiger partial charge on any atom is 0.267 e. The third-order valence-corrected chi connectivity index (χ3v) is 2.98. The van der Waals surface area contributed by atoms with Crippen molar-refractivity contribution in [1.29, 1.82) is 0 Å². The summed E-state index contributed by atoms with van der Waals surface area (Å²) in [4.78, 5) is 14.6. The largest absolute Gasteiger partial charge is 0.454 e. The van der Waals surface area contributed by atoms with Gasteiger partial charge in [0, 0.05) is 12.7 Å². The third-order valence-electron chi connectivity index (χ3n) is 2.98. The Balaban J connectivity index is 1.54. The summed E-state index contributed by atoms with van der Waals surface area (Å²) in [5.41, 5.74) is 1.68. The summed E-state index contributed by atoms with van der Waals surface area (Å²) in [6.45, 7) is 0.861. The van der Waals surface area contributed by atoms with Crippen LogP contribution in [0.2, 0.25) is 0 Å². The molecule has 0 bridgehead atoms. The molecular formula is C14H14N2O3. The molecule has 2 N–H and O–H groups in total. The van der Waals surface area contributed by atoms with Gasteiger partial charge in [-0.1, -0.05) is 6.07 Å². The number of benzene rings is 1. The van der Waals surface area contributed by atoms with Gasteiger partial charge in [0.15, 0.2) is 11.5 Å². The van der Waals surface area contributed by atoms with Crippen molar-refractivity contribution in [1.82, 2.24) is 10.3 Å². The SMILES string of the molecule is O=C(NCCc1ccc2c(c1)OCO2)c1ccc[nH]1. The molecule has 0 aliphatic carbocycles. The zero-order chi connectivity index (χ0) is 13.1. The van der Waals surface area contributed by atoms with Gasteiger partial charge in [0.1, 0.15) is 5.69 Å². The van der Waals surface area contributed by atoms with Crippen LogP contribution in [0.1, 0.15) is 16.1 Å². The quantitative estimate of drug-likeness (QED) is 0.877. The summed E-state index contributed by atoms with van der Waals surface area (Å²) >= 11 is 0. The lowest BCUT2D eigenvalue weighted by atomic mass is 10.1. The molecule has 1 amide bonds. The number of aromatic amines is 1. The fourth-order valence-corrected chi connectivity index (χ4v) is 1.98. The number of nitrogens with one attached hydrogen (secondary N) is 2. The number of hydrogen-bond donors (Lipinski definition) is 2. The van der Waals surface area contributed by atoms with E-state index < -0.39 is 0 Å². The van der Waals surface area contributed by atoms with Crippen molar-refractivity contribution < 1.29 is 14.3 Å². The number of amides is 1. The molecule has 1 aliphatic rings. The fourth-order valence-electron chi connectivity index (χ4n) is 1.98. The van der Waals surface area contributed by atoms with Gasteiger partial charge in [0.25, 0.3) is 5.91 Å². The fraction of sp³-hybridized carbons (Fsp3) is 0.214. The Bertz CT molecular complexity index is 578. The van der Waals surface area contributed by atoms with Crippen molar-refractivity contribution in [2.45, 2.75) is 6.42 Å². The number of H-pyrrole nitrogens is 1. The maximum absolute atomic E-state index is 11.7. The molecule has 1 aromatic heterocycles. The van der Waals surface area contributed by atoms with Crippen LogP contribution in [0.15, 0.2) is 36.5 Å². The van der Waals surface area contributed by atoms with E-state index in [1.165, 1.54) is 0 Å². The van der Waals surface area contributed by atoms with E-state index in [1.807, 2.05) is 18.2 Å². The summed E-state index contributed by atoms with van der Waals surface area (Å²) in [5, 5.41) is 2.86. The van der Waals surface area contributed by atoms with E-state index in [1.54, 1.807) is 18.3 Å². The molecule has 98 valence electrons. The monoisotopic (exact) mass is 258 g/mol. The lowest BCUT2D eigenvalue weighted by Crippen LogP contribution is -2.25. The topological polar surface area (TPSA) is 63.4 Å². The van der Waals surface area contributed by atoms with E-state index in [-0.39, 0.29) is 12.7 Å². The Kier molecular flexibility index (Phi) is 3.10. The van der Waals surface area contributed by atoms with Crippen molar-refractivity contribution in [3.05, 3.63) is 47.8 Å². The van der Waals surface area contributed by atoms with Crippen LogP contribution >= 0.6 is 0 Å². The molecule has 2 heterocycles. The van der Waals surface area contributed by atoms with E-state index in [0.29, 0.717) is 12.2 Å². The van der Waals surface area contributed by atoms with Crippen LogP contribution < -0.4 is 14.8 Å². The lowest BCUT2D eigenvalue weighted by molar-refractivity contribution is 0.0950. The average molecular weight is 258 g/mol. The van der Waals surface area contributed by atoms with Crippen molar-refractivity contribution in [2.24, 2.45) is 0 Å². The van der Waals surface area contributed by atoms with Crippen molar-refractivity contribution in [2.75, 3.05) is 13.3 Å². The first-order valence-corrected chi connectivity index (χ1v) is 6.13. The summed E-state index contributed by atoms with van der Waals surface area (Å²) in [5.74, 6) is 1.46. The Hall–Kier alpha value is -2.43. The first-order valence-electron chi connectivity index (χ1n) is 6.13. The van der Waals surface area contributed by atoms with Crippen molar-refractivity contribution >= 4 is 5.91 Å². The predicted octanol–water partition coefficient (Wildman–Crippen LogP) is 1.72. The molecule has 5 heteroatoms. The predicted molar refractivity (Wildman–Crippen MR) is 69.4 cm³/mol. The first-order chi connectivity index (χ1) is 9.33. The molecule has 0 spiro atoms. The normalized spacial score (nSPS) is 12.4. The number of carbonyl (C=O) groups excluding carboxylic acids is 1. The molecule has 2 aromatic rings. The molecule has 0 atom stereocenters. The molecule has 19 heavy (non-hydrogen) atoms. The smallest absolute Gasteiger partial charge is 0.267 e. The van der Waals surface area contributed by atoms with Gasteiger partial charge >= 0.3 is 0 Å². The van der Waals surface area contributed by atoms with Crippen LogP contribution in [0.5, 0.6) is 11.5 Å². The maximum atomic E-state index is 11.7. The second kappa shape index (κ2) is 5.06. The molecule has 0 saturated heterocycles. The first kappa shape index (κ1) is 11.6. The molecular weight excluding hydrogens is 244 g/mol. The number of fused-ring (bicyclic) bond motifs is 1. The second-order valence-corrected chi connectivity index (χ2v) is 4.28. The van der Waals surface area contributed by atoms with Gasteiger partial charge in [-0.05, 0) is 36.2 Å². The minimum atomic E-state index is -0.0919. The minimum Gasteiger partial charge on any atom is -0.454 e. The van der Waals surface area contributed by atoms with Crippen molar-refractivity contribution in [3.63, 3.8) is 0 Å². The number of rotatable bonds is 4. The molecule has 0 unspecified atom stereocenters. The lowest BCUT2D eigenvalue weighted by Gasteiger charge is -2.05. The number of aromatic nitrogens is 1. The zero-order valence-electron chi connectivity index (χ0n) is 10.3. The van der Waals surface area contributed by atoms with Gasteiger partial charge in [-0.15, -0.1) is 0 Å². The highest BCUT2D eigenvalue weighted by Gasteiger charge is 2.13. The Morgan fingerprint density at radius 2 is 2.16 bits per heavy atom. The molecule has 3 rings (SSSR count). The number of carbonyl (C=O) groups is 1. The number of hydrogen-bond acceptors (Lipinski definition) is 3. The Labute approximate surface area is 110 Å². The number of ether oxygens (including phenoxy) is 2. The highest BCUT2D eigenvalue weighted by Crippen LogP contribution is 2.32. The van der Waals surface area contributed by atoms with Crippen LogP contribution in [-0.4, -0.2) is 24.2 Å². The zero-order valence-corrected chi connectivity index (χ0v) is 10.3. The molecule has 1 aromatic carbocycles. The van der Waals surface area contributed by atoms with Crippen LogP contribution in [0.3, 0.4) is 0 Å². The van der Waals surface area contributed by atoms with Gasteiger partial charge in [-0.25, -0.2) is 0 Å². The average Bonchev–Trinajstić information content (AvgIpc) is 3.09. The van der Waals surface area contributed by atoms with E-state index in [9.17, 15) is 4.79 Å². The van der Waals surface area contributed by atoms with Gasteiger partial charge in [-0.2, -0.15) is 0 Å². The molecule has 0 fully saturated rings. The Morgan fingerprint density at radius 1 is 1.26 bits per heavy atom. The highest BCUT2D eigenvalue weighted by molar-refractivity contribution is 5.92. The van der Waals surface area contributed by atoms with Gasteiger partial charge in [0.05, 0.1) is 0 Å². The van der Waals surface area contributed by atoms with Crippen LogP contribution in [0.4, 0.5) is 0 Å². The molecule has 1 aliphatic heterocycles.